The molecule has 6 heteroatoms. The van der Waals surface area contributed by atoms with Crippen LogP contribution in [0.3, 0.4) is 0 Å². The van der Waals surface area contributed by atoms with Gasteiger partial charge in [-0.25, -0.2) is 13.8 Å². The minimum absolute atomic E-state index is 0.218. The standard InChI is InChI=1S/C13H12BrF2N3/c1-2-17-11-4-3-5-12(18-11)19-13-9(15)6-8(14)7-10(13)16/h3-7H,2H2,1H3,(H2,17,18,19). The lowest BCUT2D eigenvalue weighted by Crippen LogP contribution is -2.03. The van der Waals surface area contributed by atoms with Crippen LogP contribution in [0.1, 0.15) is 6.92 Å². The van der Waals surface area contributed by atoms with Crippen LogP contribution in [0, 0.1) is 11.6 Å². The van der Waals surface area contributed by atoms with Gasteiger partial charge >= 0.3 is 0 Å². The Kier molecular flexibility index (Phi) is 4.31. The number of rotatable bonds is 4. The molecule has 0 amide bonds. The smallest absolute Gasteiger partial charge is 0.150 e. The topological polar surface area (TPSA) is 37.0 Å². The summed E-state index contributed by atoms with van der Waals surface area (Å²) in [6, 6.07) is 7.56. The summed E-state index contributed by atoms with van der Waals surface area (Å²) in [4.78, 5) is 4.20. The third-order valence-corrected chi connectivity index (χ3v) is 2.82. The number of pyridine rings is 1. The molecule has 1 aromatic heterocycles. The number of benzene rings is 1. The minimum Gasteiger partial charge on any atom is -0.370 e. The van der Waals surface area contributed by atoms with E-state index in [4.69, 9.17) is 0 Å². The summed E-state index contributed by atoms with van der Waals surface area (Å²) in [5.74, 6) is -0.339. The summed E-state index contributed by atoms with van der Waals surface area (Å²) < 4.78 is 27.7. The molecule has 0 aliphatic heterocycles. The highest BCUT2D eigenvalue weighted by Crippen LogP contribution is 2.26. The normalized spacial score (nSPS) is 10.3. The molecule has 0 unspecified atom stereocenters. The van der Waals surface area contributed by atoms with E-state index in [1.165, 1.54) is 12.1 Å². The highest BCUT2D eigenvalue weighted by atomic mass is 79.9. The SMILES string of the molecule is CCNc1cccc(Nc2c(F)cc(Br)cc2F)n1. The van der Waals surface area contributed by atoms with Crippen molar-refractivity contribution in [3.8, 4) is 0 Å². The van der Waals surface area contributed by atoms with Gasteiger partial charge in [-0.15, -0.1) is 0 Å². The molecule has 0 radical (unpaired) electrons. The zero-order valence-electron chi connectivity index (χ0n) is 10.2. The average Bonchev–Trinajstić information content (AvgIpc) is 2.35. The Morgan fingerprint density at radius 3 is 2.42 bits per heavy atom. The van der Waals surface area contributed by atoms with Gasteiger partial charge in [-0.05, 0) is 31.2 Å². The molecule has 2 rings (SSSR count). The lowest BCUT2D eigenvalue weighted by molar-refractivity contribution is 0.589. The van der Waals surface area contributed by atoms with Crippen LogP contribution in [0.2, 0.25) is 0 Å². The number of aromatic nitrogens is 1. The van der Waals surface area contributed by atoms with E-state index in [1.54, 1.807) is 18.2 Å². The summed E-state index contributed by atoms with van der Waals surface area (Å²) in [6.45, 7) is 2.66. The van der Waals surface area contributed by atoms with Crippen molar-refractivity contribution >= 4 is 33.3 Å². The summed E-state index contributed by atoms with van der Waals surface area (Å²) in [6.07, 6.45) is 0. The molecule has 0 spiro atoms. The van der Waals surface area contributed by atoms with Crippen LogP contribution in [0.5, 0.6) is 0 Å². The van der Waals surface area contributed by atoms with Gasteiger partial charge in [0, 0.05) is 11.0 Å². The lowest BCUT2D eigenvalue weighted by atomic mass is 10.3. The van der Waals surface area contributed by atoms with Gasteiger partial charge in [-0.2, -0.15) is 0 Å². The predicted molar refractivity (Wildman–Crippen MR) is 75.7 cm³/mol. The van der Waals surface area contributed by atoms with E-state index in [0.717, 1.165) is 6.54 Å². The zero-order valence-corrected chi connectivity index (χ0v) is 11.8. The van der Waals surface area contributed by atoms with Crippen molar-refractivity contribution < 1.29 is 8.78 Å². The number of nitrogens with zero attached hydrogens (tertiary/aromatic N) is 1. The van der Waals surface area contributed by atoms with Crippen molar-refractivity contribution in [2.45, 2.75) is 6.92 Å². The van der Waals surface area contributed by atoms with E-state index in [0.29, 0.717) is 16.1 Å². The van der Waals surface area contributed by atoms with Crippen LogP contribution in [-0.4, -0.2) is 11.5 Å². The second-order valence-corrected chi connectivity index (χ2v) is 4.72. The molecule has 0 saturated heterocycles. The van der Waals surface area contributed by atoms with Crippen molar-refractivity contribution in [3.63, 3.8) is 0 Å². The van der Waals surface area contributed by atoms with Crippen molar-refractivity contribution in [3.05, 3.63) is 46.4 Å². The molecule has 3 nitrogen and oxygen atoms in total. The maximum atomic E-state index is 13.7. The van der Waals surface area contributed by atoms with E-state index in [9.17, 15) is 8.78 Å². The van der Waals surface area contributed by atoms with Crippen molar-refractivity contribution in [2.75, 3.05) is 17.2 Å². The fourth-order valence-corrected chi connectivity index (χ4v) is 1.98. The monoisotopic (exact) mass is 327 g/mol. The number of hydrogen-bond donors (Lipinski definition) is 2. The molecular formula is C13H12BrF2N3. The summed E-state index contributed by atoms with van der Waals surface area (Å²) >= 11 is 3.03. The van der Waals surface area contributed by atoms with Crippen LogP contribution in [0.25, 0.3) is 0 Å². The van der Waals surface area contributed by atoms with E-state index in [2.05, 4.69) is 31.5 Å². The first kappa shape index (κ1) is 13.7. The number of nitrogens with one attached hydrogen (secondary N) is 2. The molecular weight excluding hydrogens is 316 g/mol. The van der Waals surface area contributed by atoms with Gasteiger partial charge in [-0.3, -0.25) is 0 Å². The average molecular weight is 328 g/mol. The molecule has 1 heterocycles. The third kappa shape index (κ3) is 3.41. The zero-order chi connectivity index (χ0) is 13.8. The van der Waals surface area contributed by atoms with Gasteiger partial charge in [0.05, 0.1) is 0 Å². The van der Waals surface area contributed by atoms with Crippen LogP contribution in [-0.2, 0) is 0 Å². The van der Waals surface area contributed by atoms with Crippen LogP contribution >= 0.6 is 15.9 Å². The van der Waals surface area contributed by atoms with Crippen molar-refractivity contribution in [2.24, 2.45) is 0 Å². The molecule has 1 aromatic carbocycles. The molecule has 2 aromatic rings. The van der Waals surface area contributed by atoms with Gasteiger partial charge < -0.3 is 10.6 Å². The largest absolute Gasteiger partial charge is 0.370 e. The first-order valence-corrected chi connectivity index (χ1v) is 6.52. The van der Waals surface area contributed by atoms with Gasteiger partial charge in [0.15, 0.2) is 11.6 Å². The maximum Gasteiger partial charge on any atom is 0.150 e. The Labute approximate surface area is 118 Å². The van der Waals surface area contributed by atoms with Crippen molar-refractivity contribution in [1.29, 1.82) is 0 Å². The first-order valence-electron chi connectivity index (χ1n) is 5.72. The molecule has 0 bridgehead atoms. The molecule has 0 aliphatic carbocycles. The summed E-state index contributed by atoms with van der Waals surface area (Å²) in [7, 11) is 0. The van der Waals surface area contributed by atoms with Gasteiger partial charge in [-0.1, -0.05) is 22.0 Å². The van der Waals surface area contributed by atoms with E-state index in [-0.39, 0.29) is 5.69 Å². The fourth-order valence-electron chi connectivity index (χ4n) is 1.57. The van der Waals surface area contributed by atoms with Crippen LogP contribution in [0.4, 0.5) is 26.1 Å². The molecule has 19 heavy (non-hydrogen) atoms. The van der Waals surface area contributed by atoms with Crippen LogP contribution in [0.15, 0.2) is 34.8 Å². The number of hydrogen-bond acceptors (Lipinski definition) is 3. The fraction of sp³-hybridized carbons (Fsp3) is 0.154. The van der Waals surface area contributed by atoms with Crippen molar-refractivity contribution in [1.82, 2.24) is 4.98 Å². The lowest BCUT2D eigenvalue weighted by Gasteiger charge is -2.10. The molecule has 0 saturated carbocycles. The van der Waals surface area contributed by atoms with E-state index >= 15 is 0 Å². The second kappa shape index (κ2) is 5.97. The van der Waals surface area contributed by atoms with Gasteiger partial charge in [0.2, 0.25) is 0 Å². The Bertz CT molecular complexity index is 567. The number of halogens is 3. The molecule has 0 aliphatic rings. The number of anilines is 3. The first-order chi connectivity index (χ1) is 9.10. The Morgan fingerprint density at radius 1 is 1.16 bits per heavy atom. The van der Waals surface area contributed by atoms with Gasteiger partial charge in [0.1, 0.15) is 17.3 Å². The Morgan fingerprint density at radius 2 is 1.79 bits per heavy atom. The minimum atomic E-state index is -0.678. The third-order valence-electron chi connectivity index (χ3n) is 2.37. The van der Waals surface area contributed by atoms with E-state index in [1.807, 2.05) is 6.92 Å². The predicted octanol–water partition coefficient (Wildman–Crippen LogP) is 4.30. The highest BCUT2D eigenvalue weighted by Gasteiger charge is 2.11. The van der Waals surface area contributed by atoms with Crippen LogP contribution < -0.4 is 10.6 Å². The molecule has 0 fully saturated rings. The summed E-state index contributed by atoms with van der Waals surface area (Å²) in [5.41, 5.74) is -0.218. The quantitative estimate of drug-likeness (QED) is 0.879. The molecule has 0 atom stereocenters. The van der Waals surface area contributed by atoms with Gasteiger partial charge in [0.25, 0.3) is 0 Å². The van der Waals surface area contributed by atoms with E-state index < -0.39 is 11.6 Å². The highest BCUT2D eigenvalue weighted by molar-refractivity contribution is 9.10. The Hall–Kier alpha value is -1.69. The molecule has 100 valence electrons. The Balaban J connectivity index is 2.28. The second-order valence-electron chi connectivity index (χ2n) is 3.81. The summed E-state index contributed by atoms with van der Waals surface area (Å²) in [5, 5.41) is 5.67. The molecule has 2 N–H and O–H groups in total. The maximum absolute atomic E-state index is 13.7.